The second kappa shape index (κ2) is 6.36. The van der Waals surface area contributed by atoms with Gasteiger partial charge in [-0.05, 0) is 36.8 Å². The maximum atomic E-state index is 9.66. The number of ether oxygens (including phenoxy) is 1. The molecule has 0 unspecified atom stereocenters. The fourth-order valence-electron chi connectivity index (χ4n) is 3.25. The van der Waals surface area contributed by atoms with Gasteiger partial charge in [0.2, 0.25) is 11.8 Å². The highest BCUT2D eigenvalue weighted by atomic mass is 79.9. The SMILES string of the molecule is Cc1nn(-c2ccc(Br)cc2)c2c1[C@@H](c1ccccc1)C(C#N)=C(N)O2. The topological polar surface area (TPSA) is 76.9 Å². The van der Waals surface area contributed by atoms with Crippen LogP contribution < -0.4 is 10.5 Å². The Hall–Kier alpha value is -3.04. The molecule has 26 heavy (non-hydrogen) atoms. The summed E-state index contributed by atoms with van der Waals surface area (Å²) >= 11 is 3.44. The van der Waals surface area contributed by atoms with Gasteiger partial charge in [-0.1, -0.05) is 46.3 Å². The van der Waals surface area contributed by atoms with E-state index in [0.717, 1.165) is 27.0 Å². The fourth-order valence-corrected chi connectivity index (χ4v) is 3.51. The number of hydrogen-bond acceptors (Lipinski definition) is 4. The van der Waals surface area contributed by atoms with Crippen LogP contribution in [0.1, 0.15) is 22.7 Å². The van der Waals surface area contributed by atoms with Crippen LogP contribution in [-0.2, 0) is 0 Å². The zero-order chi connectivity index (χ0) is 18.3. The van der Waals surface area contributed by atoms with Crippen LogP contribution in [0.25, 0.3) is 5.69 Å². The lowest BCUT2D eigenvalue weighted by atomic mass is 9.84. The van der Waals surface area contributed by atoms with Gasteiger partial charge in [0.15, 0.2) is 0 Å². The molecule has 2 N–H and O–H groups in total. The van der Waals surface area contributed by atoms with Crippen LogP contribution in [-0.4, -0.2) is 9.78 Å². The Morgan fingerprint density at radius 1 is 1.15 bits per heavy atom. The van der Waals surface area contributed by atoms with Gasteiger partial charge in [0.05, 0.1) is 22.9 Å². The first kappa shape index (κ1) is 16.4. The molecule has 1 aliphatic heterocycles. The van der Waals surface area contributed by atoms with Crippen molar-refractivity contribution in [2.45, 2.75) is 12.8 Å². The van der Waals surface area contributed by atoms with Crippen molar-refractivity contribution in [3.63, 3.8) is 0 Å². The Kier molecular flexibility index (Phi) is 4.02. The average Bonchev–Trinajstić information content (AvgIpc) is 2.98. The Morgan fingerprint density at radius 3 is 2.50 bits per heavy atom. The fraction of sp³-hybridized carbons (Fsp3) is 0.100. The van der Waals surface area contributed by atoms with E-state index >= 15 is 0 Å². The van der Waals surface area contributed by atoms with Crippen LogP contribution >= 0.6 is 15.9 Å². The molecule has 2 aromatic carbocycles. The minimum atomic E-state index is -0.297. The molecule has 1 atom stereocenters. The van der Waals surface area contributed by atoms with Crippen LogP contribution in [0.2, 0.25) is 0 Å². The van der Waals surface area contributed by atoms with Gasteiger partial charge in [0, 0.05) is 4.47 Å². The highest BCUT2D eigenvalue weighted by molar-refractivity contribution is 9.10. The smallest absolute Gasteiger partial charge is 0.229 e. The molecule has 0 saturated heterocycles. The molecule has 0 fully saturated rings. The first-order chi connectivity index (χ1) is 12.6. The molecule has 3 aromatic rings. The van der Waals surface area contributed by atoms with E-state index in [-0.39, 0.29) is 11.8 Å². The van der Waals surface area contributed by atoms with E-state index in [1.807, 2.05) is 61.5 Å². The summed E-state index contributed by atoms with van der Waals surface area (Å²) in [4.78, 5) is 0. The Bertz CT molecular complexity index is 1050. The van der Waals surface area contributed by atoms with E-state index in [0.29, 0.717) is 11.5 Å². The summed E-state index contributed by atoms with van der Waals surface area (Å²) in [6, 6.07) is 19.8. The van der Waals surface area contributed by atoms with Crippen LogP contribution in [0.3, 0.4) is 0 Å². The van der Waals surface area contributed by atoms with Gasteiger partial charge in [-0.25, -0.2) is 4.68 Å². The molecule has 0 aliphatic carbocycles. The van der Waals surface area contributed by atoms with Crippen molar-refractivity contribution in [1.29, 1.82) is 5.26 Å². The number of benzene rings is 2. The number of fused-ring (bicyclic) bond motifs is 1. The molecule has 0 spiro atoms. The van der Waals surface area contributed by atoms with Gasteiger partial charge >= 0.3 is 0 Å². The Balaban J connectivity index is 1.95. The van der Waals surface area contributed by atoms with Gasteiger partial charge in [-0.3, -0.25) is 0 Å². The van der Waals surface area contributed by atoms with E-state index in [1.165, 1.54) is 0 Å². The summed E-state index contributed by atoms with van der Waals surface area (Å²) in [5.41, 5.74) is 10.0. The van der Waals surface area contributed by atoms with Crippen molar-refractivity contribution < 1.29 is 4.74 Å². The predicted molar refractivity (Wildman–Crippen MR) is 102 cm³/mol. The minimum absolute atomic E-state index is 0.118. The predicted octanol–water partition coefficient (Wildman–Crippen LogP) is 4.16. The molecule has 4 rings (SSSR count). The molecule has 0 radical (unpaired) electrons. The minimum Gasteiger partial charge on any atom is -0.422 e. The second-order valence-corrected chi connectivity index (χ2v) is 6.94. The standard InChI is InChI=1S/C20H15BrN4O/c1-12-17-18(13-5-3-2-4-6-13)16(11-22)19(23)26-20(17)25(24-12)15-9-7-14(21)8-10-15/h2-10,18H,23H2,1H3/t18-/m0/s1. The number of halogens is 1. The van der Waals surface area contributed by atoms with Crippen molar-refractivity contribution in [1.82, 2.24) is 9.78 Å². The molecular weight excluding hydrogens is 392 g/mol. The Morgan fingerprint density at radius 2 is 1.85 bits per heavy atom. The third kappa shape index (κ3) is 2.57. The second-order valence-electron chi connectivity index (χ2n) is 6.03. The lowest BCUT2D eigenvalue weighted by Gasteiger charge is -2.24. The maximum absolute atomic E-state index is 9.66. The number of aryl methyl sites for hydroxylation is 1. The van der Waals surface area contributed by atoms with Crippen LogP contribution in [0.5, 0.6) is 5.88 Å². The Labute approximate surface area is 159 Å². The maximum Gasteiger partial charge on any atom is 0.229 e. The third-order valence-electron chi connectivity index (χ3n) is 4.44. The van der Waals surface area contributed by atoms with Gasteiger partial charge < -0.3 is 10.5 Å². The van der Waals surface area contributed by atoms with Crippen LogP contribution in [0.15, 0.2) is 70.5 Å². The summed E-state index contributed by atoms with van der Waals surface area (Å²) in [5.74, 6) is 0.372. The number of nitrogens with two attached hydrogens (primary N) is 1. The quantitative estimate of drug-likeness (QED) is 0.692. The van der Waals surface area contributed by atoms with E-state index in [2.05, 4.69) is 27.1 Å². The highest BCUT2D eigenvalue weighted by Crippen LogP contribution is 2.44. The van der Waals surface area contributed by atoms with E-state index in [1.54, 1.807) is 4.68 Å². The summed E-state index contributed by atoms with van der Waals surface area (Å²) in [6.07, 6.45) is 0. The van der Waals surface area contributed by atoms with Crippen molar-refractivity contribution in [2.75, 3.05) is 0 Å². The molecule has 0 amide bonds. The molecule has 0 saturated carbocycles. The van der Waals surface area contributed by atoms with Gasteiger partial charge in [0.1, 0.15) is 11.6 Å². The number of allylic oxidation sites excluding steroid dienone is 1. The van der Waals surface area contributed by atoms with Crippen molar-refractivity contribution in [2.24, 2.45) is 5.73 Å². The number of rotatable bonds is 2. The molecule has 2 heterocycles. The van der Waals surface area contributed by atoms with E-state index in [9.17, 15) is 5.26 Å². The average molecular weight is 407 g/mol. The molecule has 6 heteroatoms. The van der Waals surface area contributed by atoms with Crippen LogP contribution in [0, 0.1) is 18.3 Å². The molecule has 0 bridgehead atoms. The number of nitriles is 1. The van der Waals surface area contributed by atoms with Crippen molar-refractivity contribution in [3.05, 3.63) is 87.3 Å². The van der Waals surface area contributed by atoms with Gasteiger partial charge in [0.25, 0.3) is 0 Å². The summed E-state index contributed by atoms with van der Waals surface area (Å²) in [7, 11) is 0. The van der Waals surface area contributed by atoms with E-state index < -0.39 is 0 Å². The number of hydrogen-bond donors (Lipinski definition) is 1. The zero-order valence-corrected chi connectivity index (χ0v) is 15.6. The zero-order valence-electron chi connectivity index (χ0n) is 14.0. The lowest BCUT2D eigenvalue weighted by Crippen LogP contribution is -2.22. The van der Waals surface area contributed by atoms with Crippen molar-refractivity contribution in [3.8, 4) is 17.6 Å². The number of nitrogens with zero attached hydrogens (tertiary/aromatic N) is 3. The van der Waals surface area contributed by atoms with Crippen molar-refractivity contribution >= 4 is 15.9 Å². The summed E-state index contributed by atoms with van der Waals surface area (Å²) in [5, 5.41) is 14.3. The van der Waals surface area contributed by atoms with Crippen LogP contribution in [0.4, 0.5) is 0 Å². The molecule has 128 valence electrons. The van der Waals surface area contributed by atoms with E-state index in [4.69, 9.17) is 10.5 Å². The number of aromatic nitrogens is 2. The normalized spacial score (nSPS) is 16.0. The molecule has 1 aliphatic rings. The lowest BCUT2D eigenvalue weighted by molar-refractivity contribution is 0.367. The van der Waals surface area contributed by atoms with Gasteiger partial charge in [-0.15, -0.1) is 0 Å². The molecule has 5 nitrogen and oxygen atoms in total. The largest absolute Gasteiger partial charge is 0.422 e. The first-order valence-electron chi connectivity index (χ1n) is 8.08. The summed E-state index contributed by atoms with van der Waals surface area (Å²) in [6.45, 7) is 1.92. The molecule has 1 aromatic heterocycles. The highest BCUT2D eigenvalue weighted by Gasteiger charge is 2.35. The monoisotopic (exact) mass is 406 g/mol. The third-order valence-corrected chi connectivity index (χ3v) is 4.97. The van der Waals surface area contributed by atoms with Gasteiger partial charge in [-0.2, -0.15) is 10.4 Å². The summed E-state index contributed by atoms with van der Waals surface area (Å²) < 4.78 is 8.56. The first-order valence-corrected chi connectivity index (χ1v) is 8.87. The molecular formula is C20H15BrN4O.